The summed E-state index contributed by atoms with van der Waals surface area (Å²) in [7, 11) is 0. The number of hydrogen-bond acceptors (Lipinski definition) is 4. The molecular formula is C12H11NOS2. The van der Waals surface area contributed by atoms with Crippen molar-refractivity contribution in [3.8, 4) is 0 Å². The van der Waals surface area contributed by atoms with Crippen molar-refractivity contribution in [3.63, 3.8) is 0 Å². The molecule has 1 heterocycles. The summed E-state index contributed by atoms with van der Waals surface area (Å²) in [6, 6.07) is 9.37. The maximum Gasteiger partial charge on any atom is 0.175 e. The zero-order valence-electron chi connectivity index (χ0n) is 8.79. The Bertz CT molecular complexity index is 453. The van der Waals surface area contributed by atoms with Crippen molar-refractivity contribution in [2.75, 3.05) is 0 Å². The van der Waals surface area contributed by atoms with Crippen LogP contribution in [0.25, 0.3) is 0 Å². The lowest BCUT2D eigenvalue weighted by Crippen LogP contribution is -2.13. The van der Waals surface area contributed by atoms with Gasteiger partial charge in [-0.2, -0.15) is 0 Å². The molecule has 16 heavy (non-hydrogen) atoms. The monoisotopic (exact) mass is 249 g/mol. The highest BCUT2D eigenvalue weighted by molar-refractivity contribution is 8.02. The molecule has 4 heteroatoms. The number of benzene rings is 1. The first-order valence-electron chi connectivity index (χ1n) is 4.93. The summed E-state index contributed by atoms with van der Waals surface area (Å²) in [5, 5.41) is 1.83. The summed E-state index contributed by atoms with van der Waals surface area (Å²) in [6.45, 7) is 1.92. The second-order valence-corrected chi connectivity index (χ2v) is 5.77. The Balaban J connectivity index is 2.05. The molecule has 2 rings (SSSR count). The summed E-state index contributed by atoms with van der Waals surface area (Å²) >= 11 is 3.07. The topological polar surface area (TPSA) is 30.0 Å². The maximum absolute atomic E-state index is 12.0. The van der Waals surface area contributed by atoms with Crippen LogP contribution in [0.3, 0.4) is 0 Å². The first-order chi connectivity index (χ1) is 7.77. The standard InChI is InChI=1S/C12H11NOS2/c1-9(16-12-13-7-8-15-12)11(14)10-5-3-2-4-6-10/h2-9H,1H3. The van der Waals surface area contributed by atoms with Gasteiger partial charge in [-0.3, -0.25) is 4.79 Å². The fourth-order valence-corrected chi connectivity index (χ4v) is 3.16. The fraction of sp³-hybridized carbons (Fsp3) is 0.167. The molecule has 1 aromatic carbocycles. The maximum atomic E-state index is 12.0. The molecule has 2 nitrogen and oxygen atoms in total. The number of carbonyl (C=O) groups excluding carboxylic acids is 1. The number of carbonyl (C=O) groups is 1. The molecule has 82 valence electrons. The van der Waals surface area contributed by atoms with E-state index in [1.54, 1.807) is 17.5 Å². The van der Waals surface area contributed by atoms with Gasteiger partial charge < -0.3 is 0 Å². The van der Waals surface area contributed by atoms with Gasteiger partial charge in [0.25, 0.3) is 0 Å². The summed E-state index contributed by atoms with van der Waals surface area (Å²) in [5.74, 6) is 0.154. The van der Waals surface area contributed by atoms with E-state index in [0.29, 0.717) is 0 Å². The van der Waals surface area contributed by atoms with Crippen molar-refractivity contribution in [1.29, 1.82) is 0 Å². The number of thioether (sulfide) groups is 1. The summed E-state index contributed by atoms with van der Waals surface area (Å²) < 4.78 is 0.941. The number of thiazole rings is 1. The van der Waals surface area contributed by atoms with E-state index in [1.165, 1.54) is 11.8 Å². The zero-order chi connectivity index (χ0) is 11.4. The second-order valence-electron chi connectivity index (χ2n) is 3.29. The SMILES string of the molecule is CC(Sc1nccs1)C(=O)c1ccccc1. The van der Waals surface area contributed by atoms with E-state index in [1.807, 2.05) is 42.6 Å². The molecule has 2 aromatic rings. The van der Waals surface area contributed by atoms with Crippen LogP contribution in [0.1, 0.15) is 17.3 Å². The highest BCUT2D eigenvalue weighted by Gasteiger charge is 2.16. The minimum atomic E-state index is -0.0893. The molecule has 1 unspecified atom stereocenters. The molecule has 0 radical (unpaired) electrons. The zero-order valence-corrected chi connectivity index (χ0v) is 10.4. The quantitative estimate of drug-likeness (QED) is 0.613. The van der Waals surface area contributed by atoms with Crippen LogP contribution in [0.4, 0.5) is 0 Å². The second kappa shape index (κ2) is 5.27. The Morgan fingerprint density at radius 3 is 2.75 bits per heavy atom. The fourth-order valence-electron chi connectivity index (χ4n) is 1.31. The van der Waals surface area contributed by atoms with Gasteiger partial charge in [0.05, 0.1) is 5.25 Å². The van der Waals surface area contributed by atoms with E-state index in [4.69, 9.17) is 0 Å². The Morgan fingerprint density at radius 2 is 2.12 bits per heavy atom. The van der Waals surface area contributed by atoms with Gasteiger partial charge in [0.2, 0.25) is 0 Å². The van der Waals surface area contributed by atoms with Crippen molar-refractivity contribution in [1.82, 2.24) is 4.98 Å². The molecule has 1 atom stereocenters. The van der Waals surface area contributed by atoms with Crippen LogP contribution < -0.4 is 0 Å². The number of aromatic nitrogens is 1. The van der Waals surface area contributed by atoms with Crippen molar-refractivity contribution < 1.29 is 4.79 Å². The van der Waals surface area contributed by atoms with Crippen LogP contribution in [-0.4, -0.2) is 16.0 Å². The van der Waals surface area contributed by atoms with E-state index < -0.39 is 0 Å². The number of Topliss-reactive ketones (excluding diaryl/α,β-unsaturated/α-hetero) is 1. The molecule has 0 amide bonds. The van der Waals surface area contributed by atoms with E-state index in [0.717, 1.165) is 9.90 Å². The lowest BCUT2D eigenvalue weighted by molar-refractivity contribution is 0.0994. The Labute approximate surface area is 103 Å². The van der Waals surface area contributed by atoms with Gasteiger partial charge in [-0.25, -0.2) is 4.98 Å². The number of rotatable bonds is 4. The predicted octanol–water partition coefficient (Wildman–Crippen LogP) is 3.51. The Hall–Kier alpha value is -1.13. The largest absolute Gasteiger partial charge is 0.293 e. The van der Waals surface area contributed by atoms with E-state index in [-0.39, 0.29) is 11.0 Å². The van der Waals surface area contributed by atoms with Gasteiger partial charge in [-0.05, 0) is 6.92 Å². The smallest absolute Gasteiger partial charge is 0.175 e. The van der Waals surface area contributed by atoms with Gasteiger partial charge in [-0.1, -0.05) is 42.1 Å². The molecule has 0 aliphatic heterocycles. The van der Waals surface area contributed by atoms with Crippen LogP contribution in [0.15, 0.2) is 46.2 Å². The van der Waals surface area contributed by atoms with Gasteiger partial charge in [-0.15, -0.1) is 11.3 Å². The van der Waals surface area contributed by atoms with E-state index in [2.05, 4.69) is 4.98 Å². The molecule has 0 aliphatic carbocycles. The summed E-state index contributed by atoms with van der Waals surface area (Å²) in [6.07, 6.45) is 1.76. The molecule has 0 saturated heterocycles. The molecule has 0 fully saturated rings. The van der Waals surface area contributed by atoms with E-state index >= 15 is 0 Å². The molecule has 1 aromatic heterocycles. The van der Waals surface area contributed by atoms with Crippen LogP contribution in [0, 0.1) is 0 Å². The summed E-state index contributed by atoms with van der Waals surface area (Å²) in [4.78, 5) is 16.2. The average molecular weight is 249 g/mol. The van der Waals surface area contributed by atoms with Gasteiger partial charge in [0.1, 0.15) is 4.34 Å². The molecule has 0 bridgehead atoms. The predicted molar refractivity (Wildman–Crippen MR) is 68.2 cm³/mol. The highest BCUT2D eigenvalue weighted by Crippen LogP contribution is 2.26. The average Bonchev–Trinajstić information content (AvgIpc) is 2.82. The van der Waals surface area contributed by atoms with Crippen molar-refractivity contribution >= 4 is 28.9 Å². The van der Waals surface area contributed by atoms with Crippen LogP contribution in [0.2, 0.25) is 0 Å². The molecule has 0 N–H and O–H groups in total. The van der Waals surface area contributed by atoms with Crippen LogP contribution >= 0.6 is 23.1 Å². The third kappa shape index (κ3) is 2.71. The first-order valence-corrected chi connectivity index (χ1v) is 6.68. The minimum absolute atomic E-state index is 0.0893. The molecule has 0 saturated carbocycles. The minimum Gasteiger partial charge on any atom is -0.293 e. The van der Waals surface area contributed by atoms with Gasteiger partial charge in [0, 0.05) is 17.1 Å². The lowest BCUT2D eigenvalue weighted by Gasteiger charge is -2.07. The van der Waals surface area contributed by atoms with Crippen LogP contribution in [0.5, 0.6) is 0 Å². The van der Waals surface area contributed by atoms with Crippen molar-refractivity contribution in [2.45, 2.75) is 16.5 Å². The van der Waals surface area contributed by atoms with E-state index in [9.17, 15) is 4.79 Å². The Morgan fingerprint density at radius 1 is 1.38 bits per heavy atom. The lowest BCUT2D eigenvalue weighted by atomic mass is 10.1. The highest BCUT2D eigenvalue weighted by atomic mass is 32.2. The normalized spacial score (nSPS) is 12.3. The first kappa shape index (κ1) is 11.4. The third-order valence-electron chi connectivity index (χ3n) is 2.11. The third-order valence-corrected chi connectivity index (χ3v) is 4.13. The Kier molecular flexibility index (Phi) is 3.74. The van der Waals surface area contributed by atoms with Gasteiger partial charge >= 0.3 is 0 Å². The number of nitrogens with zero attached hydrogens (tertiary/aromatic N) is 1. The molecule has 0 aliphatic rings. The van der Waals surface area contributed by atoms with Crippen molar-refractivity contribution in [2.24, 2.45) is 0 Å². The van der Waals surface area contributed by atoms with Gasteiger partial charge in [0.15, 0.2) is 5.78 Å². The molecule has 0 spiro atoms. The summed E-state index contributed by atoms with van der Waals surface area (Å²) in [5.41, 5.74) is 0.763. The number of hydrogen-bond donors (Lipinski definition) is 0. The van der Waals surface area contributed by atoms with Crippen LogP contribution in [-0.2, 0) is 0 Å². The number of ketones is 1. The molecular weight excluding hydrogens is 238 g/mol. The van der Waals surface area contributed by atoms with Crippen molar-refractivity contribution in [3.05, 3.63) is 47.5 Å².